The average Bonchev–Trinajstić information content (AvgIpc) is 2.74. The van der Waals surface area contributed by atoms with E-state index in [4.69, 9.17) is 12.2 Å². The van der Waals surface area contributed by atoms with Gasteiger partial charge in [-0.2, -0.15) is 0 Å². The van der Waals surface area contributed by atoms with Gasteiger partial charge in [-0.25, -0.2) is 0 Å². The Morgan fingerprint density at radius 2 is 2.38 bits per heavy atom. The highest BCUT2D eigenvalue weighted by atomic mass is 32.1. The molecule has 2 aliphatic rings. The molecule has 0 aromatic carbocycles. The molecule has 2 nitrogen and oxygen atoms in total. The van der Waals surface area contributed by atoms with Gasteiger partial charge in [0.05, 0.1) is 0 Å². The Labute approximate surface area is 85.7 Å². The van der Waals surface area contributed by atoms with E-state index in [0.717, 1.165) is 30.0 Å². The minimum Gasteiger partial charge on any atom is -0.363 e. The average molecular weight is 198 g/mol. The van der Waals surface area contributed by atoms with Crippen molar-refractivity contribution >= 4 is 17.3 Å². The van der Waals surface area contributed by atoms with Gasteiger partial charge in [0.1, 0.15) is 0 Å². The van der Waals surface area contributed by atoms with Gasteiger partial charge in [0.25, 0.3) is 0 Å². The van der Waals surface area contributed by atoms with Crippen molar-refractivity contribution in [3.8, 4) is 0 Å². The third kappa shape index (κ3) is 1.80. The summed E-state index contributed by atoms with van der Waals surface area (Å²) >= 11 is 5.36. The third-order valence-electron chi connectivity index (χ3n) is 3.20. The lowest BCUT2D eigenvalue weighted by atomic mass is 10.1. The molecule has 13 heavy (non-hydrogen) atoms. The summed E-state index contributed by atoms with van der Waals surface area (Å²) in [5.41, 5.74) is 0. The van der Waals surface area contributed by atoms with Gasteiger partial charge in [-0.1, -0.05) is 6.92 Å². The molecular weight excluding hydrogens is 180 g/mol. The van der Waals surface area contributed by atoms with Crippen molar-refractivity contribution in [3.63, 3.8) is 0 Å². The maximum Gasteiger partial charge on any atom is 0.169 e. The summed E-state index contributed by atoms with van der Waals surface area (Å²) in [5.74, 6) is 0.936. The topological polar surface area (TPSA) is 15.3 Å². The Balaban J connectivity index is 1.84. The first-order valence-corrected chi connectivity index (χ1v) is 5.76. The number of hydrogen-bond acceptors (Lipinski definition) is 1. The molecule has 0 spiro atoms. The van der Waals surface area contributed by atoms with Gasteiger partial charge in [-0.05, 0) is 43.8 Å². The van der Waals surface area contributed by atoms with Gasteiger partial charge in [0.15, 0.2) is 5.11 Å². The van der Waals surface area contributed by atoms with Crippen LogP contribution in [0.2, 0.25) is 0 Å². The number of fused-ring (bicyclic) bond motifs is 2. The number of rotatable bonds is 2. The zero-order chi connectivity index (χ0) is 9.26. The molecule has 0 amide bonds. The SMILES string of the molecule is CCCNC(=S)N1CC2CCC1C2. The monoisotopic (exact) mass is 198 g/mol. The summed E-state index contributed by atoms with van der Waals surface area (Å²) in [4.78, 5) is 2.40. The summed E-state index contributed by atoms with van der Waals surface area (Å²) in [6, 6.07) is 0.766. The van der Waals surface area contributed by atoms with E-state index >= 15 is 0 Å². The van der Waals surface area contributed by atoms with Crippen molar-refractivity contribution in [3.05, 3.63) is 0 Å². The van der Waals surface area contributed by atoms with E-state index in [1.807, 2.05) is 0 Å². The van der Waals surface area contributed by atoms with Gasteiger partial charge in [0.2, 0.25) is 0 Å². The van der Waals surface area contributed by atoms with Crippen molar-refractivity contribution in [1.29, 1.82) is 0 Å². The molecular formula is C10H18N2S. The fourth-order valence-electron chi connectivity index (χ4n) is 2.51. The maximum absolute atomic E-state index is 5.36. The summed E-state index contributed by atoms with van der Waals surface area (Å²) in [7, 11) is 0. The number of nitrogens with one attached hydrogen (secondary N) is 1. The normalized spacial score (nSPS) is 31.0. The van der Waals surface area contributed by atoms with Crippen LogP contribution in [-0.2, 0) is 0 Å². The first-order valence-electron chi connectivity index (χ1n) is 5.35. The second-order valence-corrected chi connectivity index (χ2v) is 4.60. The maximum atomic E-state index is 5.36. The van der Waals surface area contributed by atoms with Crippen LogP contribution in [-0.4, -0.2) is 29.1 Å². The van der Waals surface area contributed by atoms with E-state index in [0.29, 0.717) is 0 Å². The van der Waals surface area contributed by atoms with Crippen molar-refractivity contribution < 1.29 is 0 Å². The zero-order valence-electron chi connectivity index (χ0n) is 8.25. The van der Waals surface area contributed by atoms with E-state index in [1.165, 1.54) is 25.8 Å². The Kier molecular flexibility index (Phi) is 2.72. The van der Waals surface area contributed by atoms with Crippen LogP contribution in [0.3, 0.4) is 0 Å². The van der Waals surface area contributed by atoms with Gasteiger partial charge in [-0.3, -0.25) is 0 Å². The minimum atomic E-state index is 0.766. The molecule has 1 N–H and O–H groups in total. The molecule has 2 unspecified atom stereocenters. The van der Waals surface area contributed by atoms with Crippen LogP contribution in [0.4, 0.5) is 0 Å². The van der Waals surface area contributed by atoms with Gasteiger partial charge >= 0.3 is 0 Å². The summed E-state index contributed by atoms with van der Waals surface area (Å²) < 4.78 is 0. The molecule has 0 aromatic rings. The van der Waals surface area contributed by atoms with Crippen molar-refractivity contribution in [1.82, 2.24) is 10.2 Å². The lowest BCUT2D eigenvalue weighted by Gasteiger charge is -2.29. The van der Waals surface area contributed by atoms with E-state index in [2.05, 4.69) is 17.1 Å². The molecule has 3 heteroatoms. The summed E-state index contributed by atoms with van der Waals surface area (Å²) in [6.45, 7) is 4.40. The Morgan fingerprint density at radius 1 is 1.54 bits per heavy atom. The number of piperidine rings is 1. The van der Waals surface area contributed by atoms with Gasteiger partial charge in [-0.15, -0.1) is 0 Å². The first-order chi connectivity index (χ1) is 6.31. The number of nitrogens with zero attached hydrogens (tertiary/aromatic N) is 1. The molecule has 0 aromatic heterocycles. The molecule has 1 saturated carbocycles. The fraction of sp³-hybridized carbons (Fsp3) is 0.900. The van der Waals surface area contributed by atoms with Crippen LogP contribution in [0.25, 0.3) is 0 Å². The van der Waals surface area contributed by atoms with Crippen molar-refractivity contribution in [2.24, 2.45) is 5.92 Å². The highest BCUT2D eigenvalue weighted by molar-refractivity contribution is 7.80. The molecule has 2 rings (SSSR count). The number of hydrogen-bond donors (Lipinski definition) is 1. The second-order valence-electron chi connectivity index (χ2n) is 4.22. The predicted octanol–water partition coefficient (Wildman–Crippen LogP) is 1.76. The van der Waals surface area contributed by atoms with E-state index in [-0.39, 0.29) is 0 Å². The molecule has 1 aliphatic carbocycles. The van der Waals surface area contributed by atoms with E-state index in [1.54, 1.807) is 0 Å². The Morgan fingerprint density at radius 3 is 2.92 bits per heavy atom. The molecule has 2 atom stereocenters. The first kappa shape index (κ1) is 9.25. The van der Waals surface area contributed by atoms with Crippen LogP contribution >= 0.6 is 12.2 Å². The molecule has 2 fully saturated rings. The molecule has 1 saturated heterocycles. The molecule has 1 aliphatic heterocycles. The Hall–Kier alpha value is -0.310. The zero-order valence-corrected chi connectivity index (χ0v) is 9.07. The summed E-state index contributed by atoms with van der Waals surface area (Å²) in [5, 5.41) is 4.31. The van der Waals surface area contributed by atoms with Crippen LogP contribution in [0.15, 0.2) is 0 Å². The highest BCUT2D eigenvalue weighted by Gasteiger charge is 2.38. The van der Waals surface area contributed by atoms with Gasteiger partial charge in [0, 0.05) is 19.1 Å². The van der Waals surface area contributed by atoms with E-state index < -0.39 is 0 Å². The predicted molar refractivity (Wildman–Crippen MR) is 58.7 cm³/mol. The summed E-state index contributed by atoms with van der Waals surface area (Å²) in [6.07, 6.45) is 5.33. The van der Waals surface area contributed by atoms with Crippen LogP contribution in [0.1, 0.15) is 32.6 Å². The highest BCUT2D eigenvalue weighted by Crippen LogP contribution is 2.37. The number of likely N-dealkylation sites (tertiary alicyclic amines) is 1. The van der Waals surface area contributed by atoms with E-state index in [9.17, 15) is 0 Å². The smallest absolute Gasteiger partial charge is 0.169 e. The Bertz CT molecular complexity index is 205. The lowest BCUT2D eigenvalue weighted by Crippen LogP contribution is -2.44. The third-order valence-corrected chi connectivity index (χ3v) is 3.58. The second kappa shape index (κ2) is 3.82. The van der Waals surface area contributed by atoms with Crippen LogP contribution in [0, 0.1) is 5.92 Å². The number of thiocarbonyl (C=S) groups is 1. The molecule has 1 heterocycles. The minimum absolute atomic E-state index is 0.766. The lowest BCUT2D eigenvalue weighted by molar-refractivity contribution is 0.323. The quantitative estimate of drug-likeness (QED) is 0.681. The van der Waals surface area contributed by atoms with Crippen LogP contribution < -0.4 is 5.32 Å². The fourth-order valence-corrected chi connectivity index (χ4v) is 2.83. The largest absolute Gasteiger partial charge is 0.363 e. The van der Waals surface area contributed by atoms with Crippen molar-refractivity contribution in [2.45, 2.75) is 38.6 Å². The molecule has 74 valence electrons. The van der Waals surface area contributed by atoms with Gasteiger partial charge < -0.3 is 10.2 Å². The molecule has 2 bridgehead atoms. The van der Waals surface area contributed by atoms with Crippen molar-refractivity contribution in [2.75, 3.05) is 13.1 Å². The standard InChI is InChI=1S/C10H18N2S/c1-2-5-11-10(13)12-7-8-3-4-9(12)6-8/h8-9H,2-7H2,1H3,(H,11,13). The molecule has 0 radical (unpaired) electrons. The van der Waals surface area contributed by atoms with Crippen LogP contribution in [0.5, 0.6) is 0 Å².